The number of carbonyl (C=O) groups excluding carboxylic acids is 2. The van der Waals surface area contributed by atoms with Crippen molar-refractivity contribution in [3.8, 4) is 0 Å². The number of fused-ring (bicyclic) bond motifs is 1. The van der Waals surface area contributed by atoms with Crippen LogP contribution in [-0.2, 0) is 9.53 Å². The van der Waals surface area contributed by atoms with Gasteiger partial charge in [-0.25, -0.2) is 4.79 Å². The molecule has 0 aromatic heterocycles. The molecule has 1 saturated heterocycles. The maximum atomic E-state index is 12.6. The van der Waals surface area contributed by atoms with Crippen molar-refractivity contribution in [3.05, 3.63) is 77.3 Å². The lowest BCUT2D eigenvalue weighted by Crippen LogP contribution is -2.41. The predicted octanol–water partition coefficient (Wildman–Crippen LogP) is 6.09. The van der Waals surface area contributed by atoms with E-state index in [9.17, 15) is 9.59 Å². The van der Waals surface area contributed by atoms with Crippen LogP contribution in [0.2, 0.25) is 5.02 Å². The predicted molar refractivity (Wildman–Crippen MR) is 126 cm³/mol. The first-order valence-electron chi connectivity index (χ1n) is 10.2. The largest absolute Gasteiger partial charge is 0.447 e. The third-order valence-corrected chi connectivity index (χ3v) is 6.84. The van der Waals surface area contributed by atoms with Crippen LogP contribution in [0.4, 0.5) is 10.5 Å². The molecule has 0 radical (unpaired) electrons. The molecule has 4 rings (SSSR count). The van der Waals surface area contributed by atoms with Gasteiger partial charge >= 0.3 is 6.09 Å². The van der Waals surface area contributed by atoms with Gasteiger partial charge in [0.2, 0.25) is 5.91 Å². The number of ether oxygens (including phenoxy) is 1. The van der Waals surface area contributed by atoms with E-state index < -0.39 is 6.09 Å². The molecule has 2 amide bonds. The van der Waals surface area contributed by atoms with Crippen LogP contribution in [0.15, 0.2) is 66.7 Å². The molecule has 1 heterocycles. The standard InChI is InChI=1S/C24H23ClN2O3S/c1-2-19(27-22(28)15-31-23(27)17-10-12-18(25)13-11-17)14-30-24(29)26-21-9-5-7-16-6-3-4-8-20(16)21/h3-13,19,23H,2,14-15H2,1H3,(H,26,29). The second-order valence-electron chi connectivity index (χ2n) is 7.33. The number of hydrogen-bond acceptors (Lipinski definition) is 4. The highest BCUT2D eigenvalue weighted by molar-refractivity contribution is 8.00. The number of thioether (sulfide) groups is 1. The van der Waals surface area contributed by atoms with Gasteiger partial charge in [-0.15, -0.1) is 11.8 Å². The van der Waals surface area contributed by atoms with E-state index in [1.54, 1.807) is 11.8 Å². The molecule has 3 aromatic rings. The summed E-state index contributed by atoms with van der Waals surface area (Å²) in [5, 5.41) is 5.36. The smallest absolute Gasteiger partial charge is 0.411 e. The van der Waals surface area contributed by atoms with Crippen molar-refractivity contribution in [1.82, 2.24) is 4.90 Å². The first-order chi connectivity index (χ1) is 15.1. The summed E-state index contributed by atoms with van der Waals surface area (Å²) in [6.07, 6.45) is 0.148. The Kier molecular flexibility index (Phi) is 6.68. The molecule has 5 nitrogen and oxygen atoms in total. The first kappa shape index (κ1) is 21.5. The van der Waals surface area contributed by atoms with Gasteiger partial charge in [-0.3, -0.25) is 10.1 Å². The number of amides is 2. The Bertz CT molecular complexity index is 1080. The summed E-state index contributed by atoms with van der Waals surface area (Å²) >= 11 is 7.59. The zero-order valence-electron chi connectivity index (χ0n) is 17.1. The second kappa shape index (κ2) is 9.62. The minimum Gasteiger partial charge on any atom is -0.447 e. The molecule has 2 atom stereocenters. The fourth-order valence-corrected chi connectivity index (χ4v) is 5.14. The van der Waals surface area contributed by atoms with Crippen molar-refractivity contribution in [2.24, 2.45) is 0 Å². The number of hydrogen-bond donors (Lipinski definition) is 1. The summed E-state index contributed by atoms with van der Waals surface area (Å²) in [7, 11) is 0. The fourth-order valence-electron chi connectivity index (χ4n) is 3.76. The van der Waals surface area contributed by atoms with Gasteiger partial charge < -0.3 is 9.64 Å². The average molecular weight is 455 g/mol. The van der Waals surface area contributed by atoms with Gasteiger partial charge in [0.1, 0.15) is 12.0 Å². The molecule has 0 saturated carbocycles. The van der Waals surface area contributed by atoms with E-state index in [0.29, 0.717) is 22.9 Å². The second-order valence-corrected chi connectivity index (χ2v) is 8.83. The molecule has 1 N–H and O–H groups in total. The van der Waals surface area contributed by atoms with Crippen LogP contribution in [0.1, 0.15) is 24.3 Å². The van der Waals surface area contributed by atoms with Gasteiger partial charge in [-0.05, 0) is 35.6 Å². The monoisotopic (exact) mass is 454 g/mol. The minimum atomic E-state index is -0.530. The van der Waals surface area contributed by atoms with E-state index >= 15 is 0 Å². The summed E-state index contributed by atoms with van der Waals surface area (Å²) in [5.41, 5.74) is 1.71. The van der Waals surface area contributed by atoms with Crippen molar-refractivity contribution < 1.29 is 14.3 Å². The molecule has 2 unspecified atom stereocenters. The van der Waals surface area contributed by atoms with Gasteiger partial charge in [0.15, 0.2) is 0 Å². The van der Waals surface area contributed by atoms with Crippen molar-refractivity contribution in [3.63, 3.8) is 0 Å². The van der Waals surface area contributed by atoms with Crippen molar-refractivity contribution >= 4 is 51.8 Å². The minimum absolute atomic E-state index is 0.0508. The molecule has 3 aromatic carbocycles. The van der Waals surface area contributed by atoms with Crippen LogP contribution >= 0.6 is 23.4 Å². The summed E-state index contributed by atoms with van der Waals surface area (Å²) in [6.45, 7) is 2.12. The number of benzene rings is 3. The van der Waals surface area contributed by atoms with Crippen molar-refractivity contribution in [1.29, 1.82) is 0 Å². The average Bonchev–Trinajstić information content (AvgIpc) is 3.16. The highest BCUT2D eigenvalue weighted by atomic mass is 35.5. The van der Waals surface area contributed by atoms with Gasteiger partial charge in [-0.2, -0.15) is 0 Å². The van der Waals surface area contributed by atoms with Crippen LogP contribution in [0.3, 0.4) is 0 Å². The summed E-state index contributed by atoms with van der Waals surface area (Å²) in [5.74, 6) is 0.460. The lowest BCUT2D eigenvalue weighted by atomic mass is 10.1. The SMILES string of the molecule is CCC(COC(=O)Nc1cccc2ccccc12)N1C(=O)CSC1c1ccc(Cl)cc1. The first-order valence-corrected chi connectivity index (χ1v) is 11.6. The molecule has 0 aliphatic carbocycles. The number of rotatable bonds is 6. The van der Waals surface area contributed by atoms with Crippen LogP contribution in [0.5, 0.6) is 0 Å². The highest BCUT2D eigenvalue weighted by Crippen LogP contribution is 2.40. The third kappa shape index (κ3) is 4.81. The Morgan fingerprint density at radius 1 is 1.16 bits per heavy atom. The summed E-state index contributed by atoms with van der Waals surface area (Å²) in [4.78, 5) is 27.0. The van der Waals surface area contributed by atoms with Crippen LogP contribution in [0.25, 0.3) is 10.8 Å². The summed E-state index contributed by atoms with van der Waals surface area (Å²) < 4.78 is 5.54. The number of halogens is 1. The van der Waals surface area contributed by atoms with Crippen molar-refractivity contribution in [2.75, 3.05) is 17.7 Å². The van der Waals surface area contributed by atoms with Gasteiger partial charge in [0.05, 0.1) is 17.5 Å². The van der Waals surface area contributed by atoms with E-state index in [2.05, 4.69) is 5.32 Å². The zero-order valence-corrected chi connectivity index (χ0v) is 18.7. The van der Waals surface area contributed by atoms with Crippen molar-refractivity contribution in [2.45, 2.75) is 24.8 Å². The van der Waals surface area contributed by atoms with Crippen LogP contribution in [-0.4, -0.2) is 35.3 Å². The van der Waals surface area contributed by atoms with Crippen LogP contribution in [0, 0.1) is 0 Å². The van der Waals surface area contributed by atoms with E-state index in [0.717, 1.165) is 16.3 Å². The molecule has 1 fully saturated rings. The lowest BCUT2D eigenvalue weighted by molar-refractivity contribution is -0.131. The van der Waals surface area contributed by atoms with E-state index in [1.165, 1.54) is 0 Å². The fraction of sp³-hybridized carbons (Fsp3) is 0.250. The molecule has 0 spiro atoms. The van der Waals surface area contributed by atoms with E-state index in [1.807, 2.05) is 78.6 Å². The normalized spacial score (nSPS) is 17.0. The molecule has 1 aliphatic heterocycles. The molecule has 7 heteroatoms. The van der Waals surface area contributed by atoms with Gasteiger partial charge in [0, 0.05) is 10.4 Å². The number of anilines is 1. The molecular formula is C24H23ClN2O3S. The molecule has 160 valence electrons. The zero-order chi connectivity index (χ0) is 21.8. The maximum absolute atomic E-state index is 12.6. The highest BCUT2D eigenvalue weighted by Gasteiger charge is 2.37. The number of carbonyl (C=O) groups is 2. The quantitative estimate of drug-likeness (QED) is 0.489. The van der Waals surface area contributed by atoms with Crippen LogP contribution < -0.4 is 5.32 Å². The summed E-state index contributed by atoms with van der Waals surface area (Å²) in [6, 6.07) is 20.9. The Morgan fingerprint density at radius 3 is 2.68 bits per heavy atom. The maximum Gasteiger partial charge on any atom is 0.411 e. The molecule has 0 bridgehead atoms. The third-order valence-electron chi connectivity index (χ3n) is 5.36. The Balaban J connectivity index is 1.44. The van der Waals surface area contributed by atoms with Gasteiger partial charge in [-0.1, -0.05) is 67.1 Å². The molecule has 31 heavy (non-hydrogen) atoms. The van der Waals surface area contributed by atoms with E-state index in [-0.39, 0.29) is 23.9 Å². The lowest BCUT2D eigenvalue weighted by Gasteiger charge is -2.32. The number of nitrogens with one attached hydrogen (secondary N) is 1. The number of nitrogens with zero attached hydrogens (tertiary/aromatic N) is 1. The van der Waals surface area contributed by atoms with E-state index in [4.69, 9.17) is 16.3 Å². The molecular weight excluding hydrogens is 432 g/mol. The Labute approximate surface area is 190 Å². The Morgan fingerprint density at radius 2 is 1.90 bits per heavy atom. The van der Waals surface area contributed by atoms with Gasteiger partial charge in [0.25, 0.3) is 0 Å². The molecule has 1 aliphatic rings. The topological polar surface area (TPSA) is 58.6 Å². The Hall–Kier alpha value is -2.70.